The van der Waals surface area contributed by atoms with E-state index in [9.17, 15) is 9.32 Å². The van der Waals surface area contributed by atoms with Crippen molar-refractivity contribution in [2.24, 2.45) is 0 Å². The van der Waals surface area contributed by atoms with Crippen molar-refractivity contribution in [2.45, 2.75) is 25.9 Å². The highest BCUT2D eigenvalue weighted by Crippen LogP contribution is 2.35. The Kier molecular flexibility index (Phi) is 6.82. The van der Waals surface area contributed by atoms with Crippen LogP contribution in [-0.2, 0) is 17.3 Å². The topological polar surface area (TPSA) is 58.6 Å². The van der Waals surface area contributed by atoms with E-state index in [4.69, 9.17) is 4.74 Å². The number of methoxy groups -OCH3 is 1. The molecule has 4 nitrogen and oxygen atoms in total. The molecule has 0 heterocycles. The molecule has 1 aromatic carbocycles. The number of phenolic OH excluding ortho intramolecular Hbond substituents is 1. The lowest BCUT2D eigenvalue weighted by Gasteiger charge is -2.14. The van der Waals surface area contributed by atoms with E-state index >= 15 is 0 Å². The van der Waals surface area contributed by atoms with Crippen molar-refractivity contribution in [3.63, 3.8) is 0 Å². The standard InChI is InChI=1S/C13H20BrNO3S/c1-9(4-5-19(3)17)15-8-10-6-11(14)13(16)12(7-10)18-2/h6-7,9,15-16H,4-5,8H2,1-3H3. The van der Waals surface area contributed by atoms with Gasteiger partial charge in [0.2, 0.25) is 0 Å². The van der Waals surface area contributed by atoms with Crippen LogP contribution in [0.25, 0.3) is 0 Å². The average molecular weight is 350 g/mol. The summed E-state index contributed by atoms with van der Waals surface area (Å²) in [7, 11) is 0.779. The van der Waals surface area contributed by atoms with Crippen LogP contribution >= 0.6 is 15.9 Å². The van der Waals surface area contributed by atoms with Crippen molar-refractivity contribution in [1.82, 2.24) is 5.32 Å². The third-order valence-corrected chi connectivity index (χ3v) is 4.22. The van der Waals surface area contributed by atoms with E-state index in [-0.39, 0.29) is 5.75 Å². The van der Waals surface area contributed by atoms with Gasteiger partial charge < -0.3 is 15.2 Å². The van der Waals surface area contributed by atoms with Crippen LogP contribution in [0, 0.1) is 0 Å². The Labute approximate surface area is 125 Å². The fourth-order valence-corrected chi connectivity index (χ4v) is 2.80. The van der Waals surface area contributed by atoms with Crippen molar-refractivity contribution in [2.75, 3.05) is 19.1 Å². The van der Waals surface area contributed by atoms with E-state index < -0.39 is 10.8 Å². The highest BCUT2D eigenvalue weighted by molar-refractivity contribution is 9.10. The third-order valence-electron chi connectivity index (χ3n) is 2.80. The summed E-state index contributed by atoms with van der Waals surface area (Å²) in [4.78, 5) is 0. The van der Waals surface area contributed by atoms with Gasteiger partial charge >= 0.3 is 0 Å². The second kappa shape index (κ2) is 7.87. The summed E-state index contributed by atoms with van der Waals surface area (Å²) >= 11 is 3.30. The molecule has 0 bridgehead atoms. The Hall–Kier alpha value is -0.590. The number of hydrogen-bond acceptors (Lipinski definition) is 4. The Morgan fingerprint density at radius 3 is 2.79 bits per heavy atom. The van der Waals surface area contributed by atoms with Crippen molar-refractivity contribution < 1.29 is 14.1 Å². The summed E-state index contributed by atoms with van der Waals surface area (Å²) < 4.78 is 16.7. The highest BCUT2D eigenvalue weighted by Gasteiger charge is 2.09. The van der Waals surface area contributed by atoms with Gasteiger partial charge in [0.25, 0.3) is 0 Å². The first kappa shape index (κ1) is 16.5. The lowest BCUT2D eigenvalue weighted by Crippen LogP contribution is -2.27. The fourth-order valence-electron chi connectivity index (χ4n) is 1.62. The molecule has 0 aliphatic heterocycles. The minimum Gasteiger partial charge on any atom is -0.503 e. The summed E-state index contributed by atoms with van der Waals surface area (Å²) in [6.07, 6.45) is 2.59. The molecular formula is C13H20BrNO3S. The van der Waals surface area contributed by atoms with Gasteiger partial charge in [-0.2, -0.15) is 0 Å². The van der Waals surface area contributed by atoms with Gasteiger partial charge in [-0.25, -0.2) is 0 Å². The van der Waals surface area contributed by atoms with E-state index in [0.29, 0.717) is 28.6 Å². The van der Waals surface area contributed by atoms with E-state index in [1.165, 1.54) is 7.11 Å². The summed E-state index contributed by atoms with van der Waals surface area (Å²) in [6, 6.07) is 3.95. The predicted octanol–water partition coefficient (Wildman–Crippen LogP) is 2.41. The highest BCUT2D eigenvalue weighted by atomic mass is 79.9. The predicted molar refractivity (Wildman–Crippen MR) is 82.2 cm³/mol. The maximum Gasteiger partial charge on any atom is 0.172 e. The zero-order valence-electron chi connectivity index (χ0n) is 11.4. The summed E-state index contributed by atoms with van der Waals surface area (Å²) in [5, 5.41) is 13.1. The molecule has 0 saturated carbocycles. The second-order valence-electron chi connectivity index (χ2n) is 4.48. The molecule has 2 unspecified atom stereocenters. The molecule has 19 heavy (non-hydrogen) atoms. The number of benzene rings is 1. The largest absolute Gasteiger partial charge is 0.503 e. The van der Waals surface area contributed by atoms with Crippen LogP contribution in [0.4, 0.5) is 0 Å². The van der Waals surface area contributed by atoms with Gasteiger partial charge in [0.1, 0.15) is 0 Å². The minimum atomic E-state index is -0.747. The van der Waals surface area contributed by atoms with Gasteiger partial charge in [0, 0.05) is 35.4 Å². The molecule has 0 aromatic heterocycles. The van der Waals surface area contributed by atoms with Crippen LogP contribution in [0.3, 0.4) is 0 Å². The number of aromatic hydroxyl groups is 1. The number of hydrogen-bond donors (Lipinski definition) is 2. The Morgan fingerprint density at radius 2 is 2.21 bits per heavy atom. The molecule has 108 valence electrons. The zero-order chi connectivity index (χ0) is 14.4. The molecule has 0 radical (unpaired) electrons. The summed E-state index contributed by atoms with van der Waals surface area (Å²) in [6.45, 7) is 2.74. The quantitative estimate of drug-likeness (QED) is 0.793. The molecule has 6 heteroatoms. The number of ether oxygens (including phenoxy) is 1. The van der Waals surface area contributed by atoms with E-state index in [2.05, 4.69) is 28.2 Å². The summed E-state index contributed by atoms with van der Waals surface area (Å²) in [5.74, 6) is 1.27. The minimum absolute atomic E-state index is 0.112. The fraction of sp³-hybridized carbons (Fsp3) is 0.538. The molecule has 0 amide bonds. The second-order valence-corrected chi connectivity index (χ2v) is 6.89. The number of nitrogens with one attached hydrogen (secondary N) is 1. The molecule has 2 atom stereocenters. The van der Waals surface area contributed by atoms with Gasteiger partial charge in [-0.15, -0.1) is 0 Å². The number of rotatable bonds is 7. The first-order valence-electron chi connectivity index (χ1n) is 6.02. The Morgan fingerprint density at radius 1 is 1.53 bits per heavy atom. The molecule has 0 aliphatic carbocycles. The molecule has 0 fully saturated rings. The maximum atomic E-state index is 11.0. The van der Waals surface area contributed by atoms with E-state index in [1.807, 2.05) is 6.07 Å². The molecule has 1 aromatic rings. The number of phenols is 1. The lowest BCUT2D eigenvalue weighted by atomic mass is 10.2. The Balaban J connectivity index is 2.58. The number of halogens is 1. The van der Waals surface area contributed by atoms with Crippen LogP contribution < -0.4 is 10.1 Å². The van der Waals surface area contributed by atoms with Crippen LogP contribution in [0.5, 0.6) is 11.5 Å². The van der Waals surface area contributed by atoms with Crippen LogP contribution in [0.2, 0.25) is 0 Å². The SMILES string of the molecule is COc1cc(CNC(C)CCS(C)=O)cc(Br)c1O. The Bertz CT molecular complexity index is 454. The summed E-state index contributed by atoms with van der Waals surface area (Å²) in [5.41, 5.74) is 1.02. The molecule has 0 spiro atoms. The first-order chi connectivity index (χ1) is 8.93. The average Bonchev–Trinajstić information content (AvgIpc) is 2.37. The molecule has 2 N–H and O–H groups in total. The normalized spacial score (nSPS) is 14.1. The molecule has 1 rings (SSSR count). The van der Waals surface area contributed by atoms with Gasteiger partial charge in [0.15, 0.2) is 11.5 Å². The van der Waals surface area contributed by atoms with Crippen LogP contribution in [0.15, 0.2) is 16.6 Å². The monoisotopic (exact) mass is 349 g/mol. The molecule has 0 saturated heterocycles. The van der Waals surface area contributed by atoms with E-state index in [0.717, 1.165) is 12.0 Å². The van der Waals surface area contributed by atoms with Gasteiger partial charge in [0.05, 0.1) is 11.6 Å². The maximum absolute atomic E-state index is 11.0. The van der Waals surface area contributed by atoms with Gasteiger partial charge in [-0.3, -0.25) is 4.21 Å². The lowest BCUT2D eigenvalue weighted by molar-refractivity contribution is 0.371. The smallest absolute Gasteiger partial charge is 0.172 e. The molecular weight excluding hydrogens is 330 g/mol. The third kappa shape index (κ3) is 5.50. The van der Waals surface area contributed by atoms with Gasteiger partial charge in [-0.1, -0.05) is 0 Å². The van der Waals surface area contributed by atoms with Crippen LogP contribution in [0.1, 0.15) is 18.9 Å². The van der Waals surface area contributed by atoms with Crippen molar-refractivity contribution in [1.29, 1.82) is 0 Å². The molecule has 0 aliphatic rings. The van der Waals surface area contributed by atoms with Gasteiger partial charge in [-0.05, 0) is 47.0 Å². The van der Waals surface area contributed by atoms with Crippen molar-refractivity contribution in [3.8, 4) is 11.5 Å². The zero-order valence-corrected chi connectivity index (χ0v) is 13.8. The first-order valence-corrected chi connectivity index (χ1v) is 8.54. The van der Waals surface area contributed by atoms with Crippen LogP contribution in [-0.4, -0.2) is 34.5 Å². The van der Waals surface area contributed by atoms with E-state index in [1.54, 1.807) is 12.3 Å². The van der Waals surface area contributed by atoms with Crippen molar-refractivity contribution >= 4 is 26.7 Å². The van der Waals surface area contributed by atoms with Crippen molar-refractivity contribution in [3.05, 3.63) is 22.2 Å².